The number of aryl methyl sites for hydroxylation is 1. The van der Waals surface area contributed by atoms with E-state index >= 15 is 0 Å². The SMILES string of the molecule is CCc1nc(-c2ccc(F)cc2)c(-c2ccc3cn[nH]c3c2)[nH]1. The second kappa shape index (κ2) is 5.35. The Hall–Kier alpha value is -2.95. The standard InChI is InChI=1S/C18H15FN4/c1-2-16-21-17(11-5-7-14(19)8-6-11)18(22-16)12-3-4-13-10-20-23-15(13)9-12/h3-10H,2H2,1H3,(H,20,23)(H,21,22). The lowest BCUT2D eigenvalue weighted by atomic mass is 10.0. The van der Waals surface area contributed by atoms with E-state index in [1.54, 1.807) is 18.3 Å². The lowest BCUT2D eigenvalue weighted by molar-refractivity contribution is 0.628. The molecule has 5 heteroatoms. The summed E-state index contributed by atoms with van der Waals surface area (Å²) in [5, 5.41) is 8.10. The van der Waals surface area contributed by atoms with Gasteiger partial charge in [-0.15, -0.1) is 0 Å². The summed E-state index contributed by atoms with van der Waals surface area (Å²) >= 11 is 0. The summed E-state index contributed by atoms with van der Waals surface area (Å²) in [6.45, 7) is 2.05. The number of benzene rings is 2. The topological polar surface area (TPSA) is 57.4 Å². The molecule has 0 saturated heterocycles. The van der Waals surface area contributed by atoms with Crippen molar-refractivity contribution < 1.29 is 4.39 Å². The van der Waals surface area contributed by atoms with Crippen LogP contribution in [0.3, 0.4) is 0 Å². The van der Waals surface area contributed by atoms with Crippen LogP contribution in [0.2, 0.25) is 0 Å². The third-order valence-electron chi connectivity index (χ3n) is 3.94. The van der Waals surface area contributed by atoms with E-state index in [9.17, 15) is 4.39 Å². The van der Waals surface area contributed by atoms with Crippen LogP contribution < -0.4 is 0 Å². The van der Waals surface area contributed by atoms with Crippen molar-refractivity contribution in [3.63, 3.8) is 0 Å². The molecule has 0 aliphatic rings. The quantitative estimate of drug-likeness (QED) is 0.592. The second-order valence-electron chi connectivity index (χ2n) is 5.44. The van der Waals surface area contributed by atoms with Gasteiger partial charge in [-0.25, -0.2) is 9.37 Å². The molecule has 0 atom stereocenters. The lowest BCUT2D eigenvalue weighted by Crippen LogP contribution is -1.85. The number of imidazole rings is 1. The van der Waals surface area contributed by atoms with E-state index in [4.69, 9.17) is 0 Å². The summed E-state index contributed by atoms with van der Waals surface area (Å²) in [6.07, 6.45) is 2.60. The third-order valence-corrected chi connectivity index (χ3v) is 3.94. The second-order valence-corrected chi connectivity index (χ2v) is 5.44. The van der Waals surface area contributed by atoms with Gasteiger partial charge in [0.2, 0.25) is 0 Å². The van der Waals surface area contributed by atoms with E-state index in [0.29, 0.717) is 0 Å². The highest BCUT2D eigenvalue weighted by Gasteiger charge is 2.14. The minimum Gasteiger partial charge on any atom is -0.341 e. The molecule has 2 heterocycles. The number of hydrogen-bond acceptors (Lipinski definition) is 2. The van der Waals surface area contributed by atoms with Crippen molar-refractivity contribution in [1.29, 1.82) is 0 Å². The fraction of sp³-hybridized carbons (Fsp3) is 0.111. The Kier molecular flexibility index (Phi) is 3.19. The molecule has 0 spiro atoms. The molecule has 0 bridgehead atoms. The van der Waals surface area contributed by atoms with Gasteiger partial charge in [0, 0.05) is 22.9 Å². The van der Waals surface area contributed by atoms with Crippen LogP contribution in [0.15, 0.2) is 48.7 Å². The highest BCUT2D eigenvalue weighted by molar-refractivity contribution is 5.86. The molecule has 4 rings (SSSR count). The zero-order valence-electron chi connectivity index (χ0n) is 12.6. The normalized spacial score (nSPS) is 11.2. The first kappa shape index (κ1) is 13.7. The number of fused-ring (bicyclic) bond motifs is 1. The van der Waals surface area contributed by atoms with Crippen molar-refractivity contribution in [3.05, 3.63) is 60.3 Å². The zero-order chi connectivity index (χ0) is 15.8. The maximum absolute atomic E-state index is 13.2. The molecule has 2 aromatic carbocycles. The van der Waals surface area contributed by atoms with E-state index in [0.717, 1.165) is 45.7 Å². The number of hydrogen-bond donors (Lipinski definition) is 2. The summed E-state index contributed by atoms with van der Waals surface area (Å²) in [7, 11) is 0. The molecule has 4 nitrogen and oxygen atoms in total. The summed E-state index contributed by atoms with van der Waals surface area (Å²) in [5.74, 6) is 0.657. The van der Waals surface area contributed by atoms with Crippen molar-refractivity contribution in [2.75, 3.05) is 0 Å². The lowest BCUT2D eigenvalue weighted by Gasteiger charge is -2.04. The maximum Gasteiger partial charge on any atom is 0.123 e. The van der Waals surface area contributed by atoms with Crippen LogP contribution in [-0.2, 0) is 6.42 Å². The van der Waals surface area contributed by atoms with Gasteiger partial charge in [0.15, 0.2) is 0 Å². The van der Waals surface area contributed by atoms with Crippen LogP contribution in [0.4, 0.5) is 4.39 Å². The molecule has 114 valence electrons. The van der Waals surface area contributed by atoms with E-state index in [1.807, 2.05) is 18.2 Å². The number of nitrogens with zero attached hydrogens (tertiary/aromatic N) is 2. The van der Waals surface area contributed by atoms with Gasteiger partial charge in [-0.1, -0.05) is 19.1 Å². The molecule has 23 heavy (non-hydrogen) atoms. The molecule has 0 unspecified atom stereocenters. The van der Waals surface area contributed by atoms with Crippen molar-refractivity contribution in [2.24, 2.45) is 0 Å². The van der Waals surface area contributed by atoms with Crippen molar-refractivity contribution in [3.8, 4) is 22.5 Å². The van der Waals surface area contributed by atoms with E-state index in [2.05, 4.69) is 27.1 Å². The Morgan fingerprint density at radius 1 is 1.04 bits per heavy atom. The van der Waals surface area contributed by atoms with Gasteiger partial charge in [-0.05, 0) is 30.3 Å². The minimum absolute atomic E-state index is 0.250. The Morgan fingerprint density at radius 3 is 2.61 bits per heavy atom. The average molecular weight is 306 g/mol. The summed E-state index contributed by atoms with van der Waals surface area (Å²) in [5.41, 5.74) is 4.65. The predicted molar refractivity (Wildman–Crippen MR) is 88.4 cm³/mol. The van der Waals surface area contributed by atoms with Gasteiger partial charge in [-0.3, -0.25) is 5.10 Å². The van der Waals surface area contributed by atoms with Gasteiger partial charge in [0.1, 0.15) is 11.6 Å². The fourth-order valence-electron chi connectivity index (χ4n) is 2.71. The van der Waals surface area contributed by atoms with Crippen molar-refractivity contribution in [2.45, 2.75) is 13.3 Å². The number of nitrogens with one attached hydrogen (secondary N) is 2. The van der Waals surface area contributed by atoms with Crippen molar-refractivity contribution >= 4 is 10.9 Å². The highest BCUT2D eigenvalue weighted by Crippen LogP contribution is 2.31. The van der Waals surface area contributed by atoms with Crippen molar-refractivity contribution in [1.82, 2.24) is 20.2 Å². The number of halogens is 1. The van der Waals surface area contributed by atoms with E-state index < -0.39 is 0 Å². The number of rotatable bonds is 3. The third kappa shape index (κ3) is 2.40. The van der Waals surface area contributed by atoms with Crippen LogP contribution in [0.5, 0.6) is 0 Å². The summed E-state index contributed by atoms with van der Waals surface area (Å²) in [4.78, 5) is 8.05. The predicted octanol–water partition coefficient (Wildman–Crippen LogP) is 4.32. The zero-order valence-corrected chi connectivity index (χ0v) is 12.6. The summed E-state index contributed by atoms with van der Waals surface area (Å²) in [6, 6.07) is 12.5. The van der Waals surface area contributed by atoms with Crippen LogP contribution in [0, 0.1) is 5.82 Å². The van der Waals surface area contributed by atoms with E-state index in [-0.39, 0.29) is 5.82 Å². The highest BCUT2D eigenvalue weighted by atomic mass is 19.1. The maximum atomic E-state index is 13.2. The molecular weight excluding hydrogens is 291 g/mol. The molecule has 0 aliphatic heterocycles. The number of aromatic nitrogens is 4. The first-order chi connectivity index (χ1) is 11.2. The molecule has 0 saturated carbocycles. The Bertz CT molecular complexity index is 966. The molecule has 0 fully saturated rings. The first-order valence-corrected chi connectivity index (χ1v) is 7.53. The molecule has 2 aromatic heterocycles. The van der Waals surface area contributed by atoms with Gasteiger partial charge < -0.3 is 4.98 Å². The number of aromatic amines is 2. The van der Waals surface area contributed by atoms with Gasteiger partial charge in [0.05, 0.1) is 23.1 Å². The Balaban J connectivity index is 1.89. The monoisotopic (exact) mass is 306 g/mol. The van der Waals surface area contributed by atoms with Crippen LogP contribution >= 0.6 is 0 Å². The minimum atomic E-state index is -0.250. The molecule has 0 aliphatic carbocycles. The fourth-order valence-corrected chi connectivity index (χ4v) is 2.71. The molecule has 0 radical (unpaired) electrons. The van der Waals surface area contributed by atoms with Crippen LogP contribution in [0.1, 0.15) is 12.7 Å². The van der Waals surface area contributed by atoms with Gasteiger partial charge in [0.25, 0.3) is 0 Å². The Morgan fingerprint density at radius 2 is 1.83 bits per heavy atom. The average Bonchev–Trinajstić information content (AvgIpc) is 3.21. The van der Waals surface area contributed by atoms with Crippen LogP contribution in [-0.4, -0.2) is 20.2 Å². The molecule has 4 aromatic rings. The number of H-pyrrole nitrogens is 2. The smallest absolute Gasteiger partial charge is 0.123 e. The first-order valence-electron chi connectivity index (χ1n) is 7.53. The Labute approximate surface area is 132 Å². The molecule has 0 amide bonds. The molecular formula is C18H15FN4. The summed E-state index contributed by atoms with van der Waals surface area (Å²) < 4.78 is 13.2. The van der Waals surface area contributed by atoms with Gasteiger partial charge in [-0.2, -0.15) is 5.10 Å². The molecule has 2 N–H and O–H groups in total. The van der Waals surface area contributed by atoms with Gasteiger partial charge >= 0.3 is 0 Å². The van der Waals surface area contributed by atoms with Crippen LogP contribution in [0.25, 0.3) is 33.4 Å². The van der Waals surface area contributed by atoms with E-state index in [1.165, 1.54) is 12.1 Å². The largest absolute Gasteiger partial charge is 0.341 e.